The molecule has 1 aliphatic carbocycles. The van der Waals surface area contributed by atoms with Crippen LogP contribution in [0.3, 0.4) is 0 Å². The molecule has 0 radical (unpaired) electrons. The lowest BCUT2D eigenvalue weighted by molar-refractivity contribution is 0.0934. The van der Waals surface area contributed by atoms with Crippen LogP contribution in [0, 0.1) is 23.7 Å². The van der Waals surface area contributed by atoms with Crippen molar-refractivity contribution >= 4 is 16.9 Å². The Morgan fingerprint density at radius 2 is 2.29 bits per heavy atom. The van der Waals surface area contributed by atoms with Crippen LogP contribution < -0.4 is 0 Å². The maximum absolute atomic E-state index is 12.1. The van der Waals surface area contributed by atoms with Crippen LogP contribution in [0.2, 0.25) is 0 Å². The van der Waals surface area contributed by atoms with Crippen molar-refractivity contribution in [1.29, 1.82) is 5.26 Å². The Bertz CT molecular complexity index is 660. The van der Waals surface area contributed by atoms with E-state index in [2.05, 4.69) is 11.1 Å². The monoisotopic (exact) mass is 226 g/mol. The molecule has 4 heteroatoms. The molecular weight excluding hydrogens is 216 g/mol. The Kier molecular flexibility index (Phi) is 1.87. The van der Waals surface area contributed by atoms with Crippen LogP contribution in [0.5, 0.6) is 0 Å². The molecule has 3 rings (SSSR count). The van der Waals surface area contributed by atoms with Gasteiger partial charge in [0.1, 0.15) is 10.9 Å². The molecule has 4 nitrogen and oxygen atoms in total. The topological polar surface area (TPSA) is 66.9 Å². The van der Waals surface area contributed by atoms with Crippen LogP contribution in [-0.2, 0) is 0 Å². The quantitative estimate of drug-likeness (QED) is 0.738. The van der Waals surface area contributed by atoms with Gasteiger partial charge in [-0.1, -0.05) is 0 Å². The van der Waals surface area contributed by atoms with Gasteiger partial charge in [-0.15, -0.1) is 0 Å². The third kappa shape index (κ3) is 1.43. The number of Topliss-reactive ketones (excluding diaryl/α,β-unsaturated/α-hetero) is 1. The van der Waals surface area contributed by atoms with Gasteiger partial charge in [0, 0.05) is 12.5 Å². The van der Waals surface area contributed by atoms with E-state index in [0.717, 1.165) is 5.52 Å². The molecule has 84 valence electrons. The summed E-state index contributed by atoms with van der Waals surface area (Å²) in [4.78, 5) is 16.3. The number of hydrogen-bond acceptors (Lipinski definition) is 4. The van der Waals surface area contributed by atoms with Gasteiger partial charge in [-0.2, -0.15) is 5.26 Å². The number of rotatable bonds is 2. The Hall–Kier alpha value is -2.15. The Morgan fingerprint density at radius 3 is 2.94 bits per heavy atom. The Morgan fingerprint density at radius 1 is 1.53 bits per heavy atom. The summed E-state index contributed by atoms with van der Waals surface area (Å²) < 4.78 is 5.38. The molecule has 0 atom stereocenters. The van der Waals surface area contributed by atoms with E-state index in [-0.39, 0.29) is 5.78 Å². The molecule has 0 spiro atoms. The van der Waals surface area contributed by atoms with Crippen LogP contribution in [0.1, 0.15) is 29.1 Å². The first kappa shape index (κ1) is 10.0. The maximum Gasteiger partial charge on any atom is 0.192 e. The number of ketones is 1. The fourth-order valence-corrected chi connectivity index (χ4v) is 1.97. The fraction of sp³-hybridized carbons (Fsp3) is 0.308. The summed E-state index contributed by atoms with van der Waals surface area (Å²) in [7, 11) is 0. The summed E-state index contributed by atoms with van der Waals surface area (Å²) in [6.45, 7) is 1.76. The number of carbonyl (C=O) groups is 1. The normalized spacial score (nSPS) is 16.7. The molecule has 0 aliphatic heterocycles. The number of aromatic nitrogens is 1. The molecule has 1 aromatic carbocycles. The summed E-state index contributed by atoms with van der Waals surface area (Å²) in [5.74, 6) is 0.474. The second kappa shape index (κ2) is 3.17. The third-order valence-electron chi connectivity index (χ3n) is 3.16. The summed E-state index contributed by atoms with van der Waals surface area (Å²) >= 11 is 0. The summed E-state index contributed by atoms with van der Waals surface area (Å²) in [5, 5.41) is 9.00. The fourth-order valence-electron chi connectivity index (χ4n) is 1.97. The van der Waals surface area contributed by atoms with Gasteiger partial charge in [-0.05, 0) is 31.0 Å². The predicted molar refractivity (Wildman–Crippen MR) is 60.4 cm³/mol. The molecule has 17 heavy (non-hydrogen) atoms. The number of nitrogens with zero attached hydrogens (tertiary/aromatic N) is 2. The van der Waals surface area contributed by atoms with Crippen molar-refractivity contribution in [3.05, 3.63) is 29.7 Å². The molecule has 1 aliphatic rings. The van der Waals surface area contributed by atoms with Gasteiger partial charge in [0.2, 0.25) is 0 Å². The van der Waals surface area contributed by atoms with Gasteiger partial charge >= 0.3 is 0 Å². The number of aryl methyl sites for hydroxylation is 1. The summed E-state index contributed by atoms with van der Waals surface area (Å²) in [6, 6.07) is 7.25. The van der Waals surface area contributed by atoms with Gasteiger partial charge in [-0.3, -0.25) is 4.79 Å². The van der Waals surface area contributed by atoms with Crippen LogP contribution in [-0.4, -0.2) is 10.8 Å². The van der Waals surface area contributed by atoms with E-state index >= 15 is 0 Å². The molecule has 1 heterocycles. The van der Waals surface area contributed by atoms with E-state index in [0.29, 0.717) is 29.9 Å². The molecule has 1 fully saturated rings. The Balaban J connectivity index is 2.07. The van der Waals surface area contributed by atoms with Gasteiger partial charge in [0.05, 0.1) is 6.07 Å². The first-order chi connectivity index (χ1) is 8.14. The van der Waals surface area contributed by atoms with Crippen molar-refractivity contribution in [1.82, 2.24) is 4.98 Å². The van der Waals surface area contributed by atoms with Crippen molar-refractivity contribution < 1.29 is 9.21 Å². The molecule has 1 aromatic heterocycles. The minimum atomic E-state index is -0.775. The van der Waals surface area contributed by atoms with Crippen LogP contribution in [0.15, 0.2) is 22.6 Å². The molecule has 1 saturated carbocycles. The van der Waals surface area contributed by atoms with Gasteiger partial charge in [0.15, 0.2) is 17.3 Å². The van der Waals surface area contributed by atoms with E-state index in [1.54, 1.807) is 25.1 Å². The molecule has 0 saturated heterocycles. The van der Waals surface area contributed by atoms with Crippen LogP contribution in [0.4, 0.5) is 0 Å². The van der Waals surface area contributed by atoms with Crippen molar-refractivity contribution in [3.63, 3.8) is 0 Å². The van der Waals surface area contributed by atoms with E-state index in [4.69, 9.17) is 9.68 Å². The number of oxazole rings is 1. The number of benzene rings is 1. The SMILES string of the molecule is Cc1nc2ccc(C(=O)C3(C#N)CC3)cc2o1. The highest BCUT2D eigenvalue weighted by molar-refractivity contribution is 6.05. The highest BCUT2D eigenvalue weighted by Gasteiger charge is 2.50. The molecule has 2 aromatic rings. The molecule has 0 N–H and O–H groups in total. The highest BCUT2D eigenvalue weighted by Crippen LogP contribution is 2.47. The van der Waals surface area contributed by atoms with Crippen LogP contribution in [0.25, 0.3) is 11.1 Å². The predicted octanol–water partition coefficient (Wildman–Crippen LogP) is 2.62. The first-order valence-corrected chi connectivity index (χ1v) is 5.48. The third-order valence-corrected chi connectivity index (χ3v) is 3.16. The van der Waals surface area contributed by atoms with Crippen molar-refractivity contribution in [2.24, 2.45) is 5.41 Å². The molecule has 0 bridgehead atoms. The zero-order chi connectivity index (χ0) is 12.0. The van der Waals surface area contributed by atoms with E-state index < -0.39 is 5.41 Å². The summed E-state index contributed by atoms with van der Waals surface area (Å²) in [5.41, 5.74) is 1.10. The second-order valence-electron chi connectivity index (χ2n) is 4.44. The van der Waals surface area contributed by atoms with Crippen LogP contribution >= 0.6 is 0 Å². The maximum atomic E-state index is 12.1. The molecule has 0 unspecified atom stereocenters. The van der Waals surface area contributed by atoms with E-state index in [9.17, 15) is 4.79 Å². The van der Waals surface area contributed by atoms with Crippen molar-refractivity contribution in [2.45, 2.75) is 19.8 Å². The zero-order valence-electron chi connectivity index (χ0n) is 9.36. The largest absolute Gasteiger partial charge is 0.441 e. The Labute approximate surface area is 97.9 Å². The number of hydrogen-bond donors (Lipinski definition) is 0. The van der Waals surface area contributed by atoms with Crippen molar-refractivity contribution in [3.8, 4) is 6.07 Å². The van der Waals surface area contributed by atoms with E-state index in [1.807, 2.05) is 0 Å². The average Bonchev–Trinajstić information content (AvgIpc) is 3.03. The molecule has 0 amide bonds. The smallest absolute Gasteiger partial charge is 0.192 e. The van der Waals surface area contributed by atoms with Gasteiger partial charge < -0.3 is 4.42 Å². The molecular formula is C13H10N2O2. The van der Waals surface area contributed by atoms with Gasteiger partial charge in [-0.25, -0.2) is 4.98 Å². The second-order valence-corrected chi connectivity index (χ2v) is 4.44. The minimum absolute atomic E-state index is 0.101. The minimum Gasteiger partial charge on any atom is -0.441 e. The zero-order valence-corrected chi connectivity index (χ0v) is 9.36. The number of nitriles is 1. The van der Waals surface area contributed by atoms with E-state index in [1.165, 1.54) is 0 Å². The first-order valence-electron chi connectivity index (χ1n) is 5.48. The van der Waals surface area contributed by atoms with Gasteiger partial charge in [0.25, 0.3) is 0 Å². The lowest BCUT2D eigenvalue weighted by atomic mass is 9.96. The summed E-state index contributed by atoms with van der Waals surface area (Å²) in [6.07, 6.45) is 1.33. The number of fused-ring (bicyclic) bond motifs is 1. The van der Waals surface area contributed by atoms with Crippen molar-refractivity contribution in [2.75, 3.05) is 0 Å². The number of carbonyl (C=O) groups excluding carboxylic acids is 1. The highest BCUT2D eigenvalue weighted by atomic mass is 16.3. The lowest BCUT2D eigenvalue weighted by Crippen LogP contribution is -2.13. The lowest BCUT2D eigenvalue weighted by Gasteiger charge is -2.03. The standard InChI is InChI=1S/C13H10N2O2/c1-8-15-10-3-2-9(6-11(10)17-8)12(16)13(7-14)4-5-13/h2-3,6H,4-5H2,1H3. The average molecular weight is 226 g/mol.